The van der Waals surface area contributed by atoms with Crippen LogP contribution in [0, 0.1) is 6.92 Å². The van der Waals surface area contributed by atoms with E-state index in [0.717, 1.165) is 5.76 Å². The average molecular weight is 272 g/mol. The monoisotopic (exact) mass is 272 g/mol. The molecule has 5 nitrogen and oxygen atoms in total. The summed E-state index contributed by atoms with van der Waals surface area (Å²) in [5, 5.41) is 4.02. The third kappa shape index (κ3) is 3.26. The highest BCUT2D eigenvalue weighted by molar-refractivity contribution is 5.99. The Balaban J connectivity index is 2.03. The summed E-state index contributed by atoms with van der Waals surface area (Å²) >= 11 is 0. The van der Waals surface area contributed by atoms with Gasteiger partial charge in [0, 0.05) is 5.56 Å². The van der Waals surface area contributed by atoms with Gasteiger partial charge in [-0.15, -0.1) is 0 Å². The highest BCUT2D eigenvalue weighted by Gasteiger charge is 2.06. The number of carbonyl (C=O) groups excluding carboxylic acids is 1. The number of nitrogens with zero attached hydrogens (tertiary/aromatic N) is 1. The van der Waals surface area contributed by atoms with Crippen LogP contribution in [0.3, 0.4) is 0 Å². The topological polar surface area (TPSA) is 63.8 Å². The first-order chi connectivity index (χ1) is 9.60. The molecule has 2 rings (SSSR count). The van der Waals surface area contributed by atoms with Gasteiger partial charge in [0.1, 0.15) is 23.0 Å². The SMILES string of the molecule is COc1ccc(C(=O)N/N=C(\C)c2ccc(C)o2)cc1. The van der Waals surface area contributed by atoms with Crippen molar-refractivity contribution in [2.24, 2.45) is 5.10 Å². The molecule has 0 spiro atoms. The van der Waals surface area contributed by atoms with Crippen molar-refractivity contribution in [2.75, 3.05) is 7.11 Å². The second-order valence-electron chi connectivity index (χ2n) is 4.28. The number of rotatable bonds is 4. The van der Waals surface area contributed by atoms with Crippen molar-refractivity contribution in [3.05, 3.63) is 53.5 Å². The van der Waals surface area contributed by atoms with Gasteiger partial charge in [0.05, 0.1) is 7.11 Å². The molecule has 20 heavy (non-hydrogen) atoms. The molecule has 1 amide bonds. The van der Waals surface area contributed by atoms with E-state index in [1.807, 2.05) is 19.1 Å². The van der Waals surface area contributed by atoms with E-state index >= 15 is 0 Å². The van der Waals surface area contributed by atoms with Crippen LogP contribution >= 0.6 is 0 Å². The summed E-state index contributed by atoms with van der Waals surface area (Å²) in [6.45, 7) is 3.62. The normalized spacial score (nSPS) is 11.2. The Hall–Kier alpha value is -2.56. The summed E-state index contributed by atoms with van der Waals surface area (Å²) in [4.78, 5) is 11.9. The first-order valence-corrected chi connectivity index (χ1v) is 6.15. The molecule has 0 aliphatic rings. The summed E-state index contributed by atoms with van der Waals surface area (Å²) in [6.07, 6.45) is 0. The van der Waals surface area contributed by atoms with Gasteiger partial charge in [-0.25, -0.2) is 5.43 Å². The van der Waals surface area contributed by atoms with Crippen molar-refractivity contribution < 1.29 is 13.9 Å². The number of hydrogen-bond donors (Lipinski definition) is 1. The lowest BCUT2D eigenvalue weighted by Crippen LogP contribution is -2.19. The van der Waals surface area contributed by atoms with E-state index in [2.05, 4.69) is 10.5 Å². The number of furan rings is 1. The molecule has 1 N–H and O–H groups in total. The number of carbonyl (C=O) groups is 1. The Morgan fingerprint density at radius 1 is 1.20 bits per heavy atom. The maximum Gasteiger partial charge on any atom is 0.271 e. The molecule has 0 atom stereocenters. The largest absolute Gasteiger partial charge is 0.497 e. The van der Waals surface area contributed by atoms with E-state index in [-0.39, 0.29) is 5.91 Å². The fourth-order valence-corrected chi connectivity index (χ4v) is 1.63. The zero-order valence-electron chi connectivity index (χ0n) is 11.6. The molecule has 0 aliphatic carbocycles. The van der Waals surface area contributed by atoms with Crippen molar-refractivity contribution in [2.45, 2.75) is 13.8 Å². The Labute approximate surface area is 117 Å². The van der Waals surface area contributed by atoms with Gasteiger partial charge in [-0.1, -0.05) is 0 Å². The molecule has 0 aliphatic heterocycles. The van der Waals surface area contributed by atoms with Crippen molar-refractivity contribution in [1.29, 1.82) is 0 Å². The number of ether oxygens (including phenoxy) is 1. The molecule has 0 radical (unpaired) electrons. The van der Waals surface area contributed by atoms with Gasteiger partial charge in [0.25, 0.3) is 5.91 Å². The smallest absolute Gasteiger partial charge is 0.271 e. The number of methoxy groups -OCH3 is 1. The molecule has 0 saturated carbocycles. The molecule has 104 valence electrons. The van der Waals surface area contributed by atoms with Crippen LogP contribution in [0.4, 0.5) is 0 Å². The van der Waals surface area contributed by atoms with Crippen LogP contribution in [0.5, 0.6) is 5.75 Å². The molecule has 1 aromatic heterocycles. The third-order valence-corrected chi connectivity index (χ3v) is 2.77. The molecule has 5 heteroatoms. The van der Waals surface area contributed by atoms with Crippen LogP contribution in [0.15, 0.2) is 45.9 Å². The Kier molecular flexibility index (Phi) is 4.20. The summed E-state index contributed by atoms with van der Waals surface area (Å²) in [5.74, 6) is 1.86. The van der Waals surface area contributed by atoms with Crippen molar-refractivity contribution in [1.82, 2.24) is 5.43 Å². The van der Waals surface area contributed by atoms with Gasteiger partial charge < -0.3 is 9.15 Å². The minimum atomic E-state index is -0.282. The second kappa shape index (κ2) is 6.06. The summed E-state index contributed by atoms with van der Waals surface area (Å²) in [6, 6.07) is 10.5. The quantitative estimate of drug-likeness (QED) is 0.687. The number of nitrogens with one attached hydrogen (secondary N) is 1. The van der Waals surface area contributed by atoms with Gasteiger partial charge in [0.2, 0.25) is 0 Å². The lowest BCUT2D eigenvalue weighted by molar-refractivity contribution is 0.0955. The highest BCUT2D eigenvalue weighted by Crippen LogP contribution is 2.11. The Morgan fingerprint density at radius 3 is 2.45 bits per heavy atom. The molecule has 0 saturated heterocycles. The number of benzene rings is 1. The van der Waals surface area contributed by atoms with E-state index in [4.69, 9.17) is 9.15 Å². The molecule has 0 fully saturated rings. The van der Waals surface area contributed by atoms with Crippen LogP contribution in [0.2, 0.25) is 0 Å². The van der Waals surface area contributed by atoms with Crippen LogP contribution in [0.25, 0.3) is 0 Å². The van der Waals surface area contributed by atoms with Crippen molar-refractivity contribution in [3.8, 4) is 5.75 Å². The van der Waals surface area contributed by atoms with Crippen molar-refractivity contribution in [3.63, 3.8) is 0 Å². The first-order valence-electron chi connectivity index (χ1n) is 6.15. The maximum absolute atomic E-state index is 11.9. The number of hydrogen-bond acceptors (Lipinski definition) is 4. The van der Waals surface area contributed by atoms with Crippen LogP contribution in [0.1, 0.15) is 28.8 Å². The molecule has 0 bridgehead atoms. The van der Waals surface area contributed by atoms with E-state index in [9.17, 15) is 4.79 Å². The van der Waals surface area contributed by atoms with Crippen LogP contribution in [-0.4, -0.2) is 18.7 Å². The van der Waals surface area contributed by atoms with Gasteiger partial charge >= 0.3 is 0 Å². The van der Waals surface area contributed by atoms with Crippen LogP contribution in [-0.2, 0) is 0 Å². The average Bonchev–Trinajstić information content (AvgIpc) is 2.91. The Morgan fingerprint density at radius 2 is 1.90 bits per heavy atom. The third-order valence-electron chi connectivity index (χ3n) is 2.77. The minimum Gasteiger partial charge on any atom is -0.497 e. The van der Waals surface area contributed by atoms with E-state index < -0.39 is 0 Å². The summed E-state index contributed by atoms with van der Waals surface area (Å²) in [5.41, 5.74) is 3.62. The second-order valence-corrected chi connectivity index (χ2v) is 4.28. The molecule has 0 unspecified atom stereocenters. The molecule has 1 heterocycles. The minimum absolute atomic E-state index is 0.282. The fourth-order valence-electron chi connectivity index (χ4n) is 1.63. The number of amides is 1. The molecule has 2 aromatic rings. The van der Waals surface area contributed by atoms with E-state index in [1.165, 1.54) is 0 Å². The fraction of sp³-hybridized carbons (Fsp3) is 0.200. The number of hydrazone groups is 1. The summed E-state index contributed by atoms with van der Waals surface area (Å²) < 4.78 is 10.5. The standard InChI is InChI=1S/C15H16N2O3/c1-10-4-9-14(20-10)11(2)16-17-15(18)12-5-7-13(19-3)8-6-12/h4-9H,1-3H3,(H,17,18)/b16-11+. The molecular formula is C15H16N2O3. The summed E-state index contributed by atoms with van der Waals surface area (Å²) in [7, 11) is 1.58. The van der Waals surface area contributed by atoms with Gasteiger partial charge in [-0.3, -0.25) is 4.79 Å². The number of aryl methyl sites for hydroxylation is 1. The van der Waals surface area contributed by atoms with Crippen molar-refractivity contribution >= 4 is 11.6 Å². The van der Waals surface area contributed by atoms with E-state index in [1.54, 1.807) is 38.3 Å². The lowest BCUT2D eigenvalue weighted by atomic mass is 10.2. The van der Waals surface area contributed by atoms with Crippen LogP contribution < -0.4 is 10.2 Å². The zero-order valence-corrected chi connectivity index (χ0v) is 11.6. The maximum atomic E-state index is 11.9. The predicted molar refractivity (Wildman–Crippen MR) is 76.1 cm³/mol. The molecule has 1 aromatic carbocycles. The van der Waals surface area contributed by atoms with Gasteiger partial charge in [-0.2, -0.15) is 5.10 Å². The van der Waals surface area contributed by atoms with Gasteiger partial charge in [0.15, 0.2) is 0 Å². The first kappa shape index (κ1) is 13.9. The van der Waals surface area contributed by atoms with Gasteiger partial charge in [-0.05, 0) is 50.2 Å². The zero-order chi connectivity index (χ0) is 14.5. The predicted octanol–water partition coefficient (Wildman–Crippen LogP) is 2.75. The Bertz CT molecular complexity index is 627. The molecular weight excluding hydrogens is 256 g/mol. The highest BCUT2D eigenvalue weighted by atomic mass is 16.5. The van der Waals surface area contributed by atoms with E-state index in [0.29, 0.717) is 22.8 Å². The lowest BCUT2D eigenvalue weighted by Gasteiger charge is -2.03.